The molecule has 0 heterocycles. The van der Waals surface area contributed by atoms with E-state index >= 15 is 0 Å². The Kier molecular flexibility index (Phi) is 47.3. The molecule has 0 fully saturated rings. The molecule has 0 amide bonds. The lowest BCUT2D eigenvalue weighted by Crippen LogP contribution is -2.37. The van der Waals surface area contributed by atoms with Crippen molar-refractivity contribution in [2.75, 3.05) is 47.5 Å². The minimum atomic E-state index is -4.40. The van der Waals surface area contributed by atoms with E-state index in [-0.39, 0.29) is 26.1 Å². The van der Waals surface area contributed by atoms with E-state index in [2.05, 4.69) is 148 Å². The summed E-state index contributed by atoms with van der Waals surface area (Å²) >= 11 is 0. The SMILES string of the molecule is CC/C=C\C/C=C\C/C=C\C/C=C\C/C=C\C/C=C\C/C=C\C/C=C\C/C=C\CCCCCC(=O)OC(COC(=O)CCCCCCC/C=C\C/C=C\CCCCC)COP(=O)(O)OCC[N+](C)(C)C. The van der Waals surface area contributed by atoms with Crippen molar-refractivity contribution in [1.29, 1.82) is 0 Å². The van der Waals surface area contributed by atoms with Crippen molar-refractivity contribution in [3.8, 4) is 0 Å². The number of quaternary nitrogens is 1. The van der Waals surface area contributed by atoms with Gasteiger partial charge in [0, 0.05) is 12.8 Å². The van der Waals surface area contributed by atoms with Crippen LogP contribution in [-0.4, -0.2) is 74.9 Å². The zero-order valence-electron chi connectivity index (χ0n) is 44.7. The van der Waals surface area contributed by atoms with Gasteiger partial charge in [-0.25, -0.2) is 4.57 Å². The Morgan fingerprint density at radius 3 is 1.23 bits per heavy atom. The number of carbonyl (C=O) groups is 2. The van der Waals surface area contributed by atoms with Crippen LogP contribution in [0.5, 0.6) is 0 Å². The molecule has 9 nitrogen and oxygen atoms in total. The number of allylic oxidation sites excluding steroid dienone is 22. The lowest BCUT2D eigenvalue weighted by Gasteiger charge is -2.24. The number of esters is 2. The Morgan fingerprint density at radius 2 is 0.814 bits per heavy atom. The third-order valence-electron chi connectivity index (χ3n) is 10.7. The molecule has 2 unspecified atom stereocenters. The van der Waals surface area contributed by atoms with Crippen molar-refractivity contribution in [2.45, 2.75) is 187 Å². The van der Waals surface area contributed by atoms with Gasteiger partial charge in [-0.1, -0.05) is 186 Å². The normalized spacial score (nSPS) is 14.4. The van der Waals surface area contributed by atoms with E-state index in [1.54, 1.807) is 0 Å². The van der Waals surface area contributed by atoms with Crippen LogP contribution in [0.4, 0.5) is 0 Å². The van der Waals surface area contributed by atoms with Crippen LogP contribution < -0.4 is 0 Å². The van der Waals surface area contributed by atoms with Gasteiger partial charge in [-0.2, -0.15) is 0 Å². The Labute approximate surface area is 428 Å². The Bertz CT molecular complexity index is 1640. The lowest BCUT2D eigenvalue weighted by atomic mass is 10.1. The third kappa shape index (κ3) is 53.5. The van der Waals surface area contributed by atoms with Crippen LogP contribution >= 0.6 is 7.82 Å². The maximum absolute atomic E-state index is 12.8. The molecule has 1 N–H and O–H groups in total. The molecule has 10 heteroatoms. The van der Waals surface area contributed by atoms with Gasteiger partial charge in [0.25, 0.3) is 0 Å². The van der Waals surface area contributed by atoms with E-state index < -0.39 is 32.5 Å². The fourth-order valence-corrected chi connectivity index (χ4v) is 7.25. The van der Waals surface area contributed by atoms with Crippen molar-refractivity contribution in [2.24, 2.45) is 0 Å². The molecule has 0 spiro atoms. The molecule has 0 aliphatic rings. The Balaban J connectivity index is 4.33. The van der Waals surface area contributed by atoms with Crippen molar-refractivity contribution in [3.05, 3.63) is 134 Å². The first-order valence-electron chi connectivity index (χ1n) is 26.9. The van der Waals surface area contributed by atoms with E-state index in [9.17, 15) is 19.0 Å². The predicted molar refractivity (Wildman–Crippen MR) is 297 cm³/mol. The number of ether oxygens (including phenoxy) is 2. The van der Waals surface area contributed by atoms with E-state index in [0.717, 1.165) is 116 Å². The minimum absolute atomic E-state index is 0.0145. The second-order valence-electron chi connectivity index (χ2n) is 18.5. The highest BCUT2D eigenvalue weighted by molar-refractivity contribution is 7.47. The molecular weight excluding hydrogens is 894 g/mol. The van der Waals surface area contributed by atoms with Crippen LogP contribution in [0.2, 0.25) is 0 Å². The maximum Gasteiger partial charge on any atom is 0.472 e. The van der Waals surface area contributed by atoms with E-state index in [1.807, 2.05) is 21.1 Å². The molecule has 70 heavy (non-hydrogen) atoms. The summed E-state index contributed by atoms with van der Waals surface area (Å²) in [5.41, 5.74) is 0. The zero-order chi connectivity index (χ0) is 51.3. The van der Waals surface area contributed by atoms with Crippen molar-refractivity contribution in [1.82, 2.24) is 0 Å². The molecule has 396 valence electrons. The quantitative estimate of drug-likeness (QED) is 0.0211. The van der Waals surface area contributed by atoms with Crippen molar-refractivity contribution in [3.63, 3.8) is 0 Å². The highest BCUT2D eigenvalue weighted by Gasteiger charge is 2.27. The molecule has 0 aromatic heterocycles. The van der Waals surface area contributed by atoms with Crippen LogP contribution in [0.3, 0.4) is 0 Å². The molecule has 0 aromatic rings. The molecule has 0 radical (unpaired) electrons. The summed E-state index contributed by atoms with van der Waals surface area (Å²) in [6.07, 6.45) is 72.3. The summed E-state index contributed by atoms with van der Waals surface area (Å²) in [5, 5.41) is 0. The number of hydrogen-bond acceptors (Lipinski definition) is 7. The van der Waals surface area contributed by atoms with Gasteiger partial charge in [-0.3, -0.25) is 18.6 Å². The molecule has 2 atom stereocenters. The van der Waals surface area contributed by atoms with Crippen LogP contribution in [0, 0.1) is 0 Å². The highest BCUT2D eigenvalue weighted by atomic mass is 31.2. The van der Waals surface area contributed by atoms with Crippen molar-refractivity contribution >= 4 is 19.8 Å². The number of hydrogen-bond donors (Lipinski definition) is 1. The largest absolute Gasteiger partial charge is 0.472 e. The molecule has 0 rings (SSSR count). The Morgan fingerprint density at radius 1 is 0.457 bits per heavy atom. The van der Waals surface area contributed by atoms with Crippen LogP contribution in [0.15, 0.2) is 134 Å². The maximum atomic E-state index is 12.8. The summed E-state index contributed by atoms with van der Waals surface area (Å²) in [6, 6.07) is 0. The first-order valence-corrected chi connectivity index (χ1v) is 28.4. The topological polar surface area (TPSA) is 108 Å². The van der Waals surface area contributed by atoms with E-state index in [1.165, 1.54) is 25.7 Å². The number of carbonyl (C=O) groups excluding carboxylic acids is 2. The first-order chi connectivity index (χ1) is 34.0. The van der Waals surface area contributed by atoms with Gasteiger partial charge in [-0.05, 0) is 116 Å². The summed E-state index contributed by atoms with van der Waals surface area (Å²) in [5.74, 6) is -0.865. The summed E-state index contributed by atoms with van der Waals surface area (Å²) < 4.78 is 34.4. The number of phosphoric ester groups is 1. The monoisotopic (exact) mass is 993 g/mol. The molecule has 0 aliphatic carbocycles. The fraction of sp³-hybridized carbons (Fsp3) is 0.600. The summed E-state index contributed by atoms with van der Waals surface area (Å²) in [7, 11) is 1.42. The van der Waals surface area contributed by atoms with Gasteiger partial charge in [-0.15, -0.1) is 0 Å². The minimum Gasteiger partial charge on any atom is -0.462 e. The second-order valence-corrected chi connectivity index (χ2v) is 20.0. The van der Waals surface area contributed by atoms with Gasteiger partial charge >= 0.3 is 19.8 Å². The lowest BCUT2D eigenvalue weighted by molar-refractivity contribution is -0.870. The predicted octanol–water partition coefficient (Wildman–Crippen LogP) is 16.6. The van der Waals surface area contributed by atoms with Crippen LogP contribution in [0.25, 0.3) is 0 Å². The Hall–Kier alpha value is -3.85. The molecule has 0 aliphatic heterocycles. The first kappa shape index (κ1) is 66.2. The smallest absolute Gasteiger partial charge is 0.462 e. The summed E-state index contributed by atoms with van der Waals surface area (Å²) in [6.45, 7) is 4.20. The van der Waals surface area contributed by atoms with Crippen LogP contribution in [-0.2, 0) is 32.7 Å². The number of phosphoric acid groups is 1. The van der Waals surface area contributed by atoms with E-state index in [4.69, 9.17) is 18.5 Å². The van der Waals surface area contributed by atoms with Crippen molar-refractivity contribution < 1.29 is 42.1 Å². The number of nitrogens with zero attached hydrogens (tertiary/aromatic N) is 1. The average molecular weight is 993 g/mol. The van der Waals surface area contributed by atoms with Gasteiger partial charge in [0.15, 0.2) is 6.10 Å². The fourth-order valence-electron chi connectivity index (χ4n) is 6.51. The molecule has 0 aromatic carbocycles. The summed E-state index contributed by atoms with van der Waals surface area (Å²) in [4.78, 5) is 35.6. The van der Waals surface area contributed by atoms with E-state index in [0.29, 0.717) is 23.9 Å². The van der Waals surface area contributed by atoms with Gasteiger partial charge in [0.2, 0.25) is 0 Å². The third-order valence-corrected chi connectivity index (χ3v) is 11.6. The zero-order valence-corrected chi connectivity index (χ0v) is 45.6. The molecule has 0 bridgehead atoms. The number of rotatable bonds is 47. The molecule has 0 saturated carbocycles. The molecular formula is C60H99NO8P+. The molecule has 0 saturated heterocycles. The average Bonchev–Trinajstić information content (AvgIpc) is 3.32. The van der Waals surface area contributed by atoms with Gasteiger partial charge in [0.05, 0.1) is 27.7 Å². The van der Waals surface area contributed by atoms with Gasteiger partial charge < -0.3 is 18.9 Å². The highest BCUT2D eigenvalue weighted by Crippen LogP contribution is 2.43. The van der Waals surface area contributed by atoms with Gasteiger partial charge in [0.1, 0.15) is 19.8 Å². The standard InChI is InChI=1S/C60H98NO8P/c1-6-8-10-12-14-16-18-20-22-23-24-25-26-27-28-29-30-31-32-33-34-35-36-37-39-41-43-45-47-49-51-53-60(63)69-58(57-68-70(64,65)67-55-54-61(3,4)5)56-66-59(62)52-50-48-46-44-42-40-38-21-19-17-15-13-11-9-7-2/h8,10,14-17,20-22,24-25,27-28,30-31,33-34,36-38,41,43,58H,6-7,9,11-13,18-19,23,26,29,32,35,39-40,42,44-57H2,1-5H3/p+1/b10-8-,16-14-,17-15-,22-20-,25-24-,28-27-,31-30-,34-33-,37-36-,38-21-,43-41-. The second kappa shape index (κ2) is 50.1. The number of likely N-dealkylation sites (N-methyl/N-ethyl adjacent to an activating group) is 1. The number of unbranched alkanes of at least 4 members (excludes halogenated alkanes) is 11. The van der Waals surface area contributed by atoms with Crippen LogP contribution in [0.1, 0.15) is 181 Å².